The molecule has 1 heterocycles. The van der Waals surface area contributed by atoms with Crippen molar-refractivity contribution in [2.24, 2.45) is 14.1 Å². The number of benzene rings is 1. The van der Waals surface area contributed by atoms with Gasteiger partial charge in [0.15, 0.2) is 0 Å². The summed E-state index contributed by atoms with van der Waals surface area (Å²) >= 11 is 6.05. The first-order chi connectivity index (χ1) is 9.70. The van der Waals surface area contributed by atoms with Gasteiger partial charge in [-0.2, -0.15) is 13.2 Å². The third kappa shape index (κ3) is 3.41. The Bertz CT molecular complexity index is 706. The lowest BCUT2D eigenvalue weighted by atomic mass is 10.1. The van der Waals surface area contributed by atoms with Crippen molar-refractivity contribution >= 4 is 22.6 Å². The highest BCUT2D eigenvalue weighted by Crippen LogP contribution is 2.25. The van der Waals surface area contributed by atoms with E-state index in [1.54, 1.807) is 32.3 Å². The Labute approximate surface area is 123 Å². The number of rotatable bonds is 4. The normalized spacial score (nSPS) is 13.8. The van der Waals surface area contributed by atoms with E-state index in [0.717, 1.165) is 5.52 Å². The van der Waals surface area contributed by atoms with Gasteiger partial charge in [-0.3, -0.25) is 9.13 Å². The summed E-state index contributed by atoms with van der Waals surface area (Å²) < 4.78 is 43.5. The highest BCUT2D eigenvalue weighted by molar-refractivity contribution is 6.21. The van der Waals surface area contributed by atoms with E-state index >= 15 is 0 Å². The highest BCUT2D eigenvalue weighted by Gasteiger charge is 2.28. The van der Waals surface area contributed by atoms with Crippen molar-refractivity contribution in [3.63, 3.8) is 0 Å². The molecule has 1 aromatic carbocycles. The first kappa shape index (κ1) is 15.9. The van der Waals surface area contributed by atoms with Crippen molar-refractivity contribution in [3.8, 4) is 0 Å². The highest BCUT2D eigenvalue weighted by atomic mass is 35.5. The Hall–Kier alpha value is -1.47. The van der Waals surface area contributed by atoms with Crippen molar-refractivity contribution in [3.05, 3.63) is 34.2 Å². The summed E-state index contributed by atoms with van der Waals surface area (Å²) in [6.45, 7) is -1.59. The maximum atomic E-state index is 12.0. The molecule has 1 aromatic heterocycles. The van der Waals surface area contributed by atoms with Crippen LogP contribution in [0.4, 0.5) is 13.2 Å². The molecule has 0 radical (unpaired) electrons. The summed E-state index contributed by atoms with van der Waals surface area (Å²) in [5.41, 5.74) is 1.82. The molecule has 0 bridgehead atoms. The van der Waals surface area contributed by atoms with Gasteiger partial charge in [0.1, 0.15) is 6.61 Å². The van der Waals surface area contributed by atoms with Crippen LogP contribution in [0.2, 0.25) is 0 Å². The van der Waals surface area contributed by atoms with E-state index in [1.807, 2.05) is 0 Å². The largest absolute Gasteiger partial charge is 0.411 e. The molecule has 0 aliphatic carbocycles. The molecule has 0 spiro atoms. The molecule has 2 aromatic rings. The minimum atomic E-state index is -4.37. The molecule has 1 atom stereocenters. The summed E-state index contributed by atoms with van der Waals surface area (Å²) in [6.07, 6.45) is -4.37. The fraction of sp³-hybridized carbons (Fsp3) is 0.462. The number of hydrogen-bond donors (Lipinski definition) is 0. The van der Waals surface area contributed by atoms with Crippen LogP contribution in [-0.2, 0) is 18.8 Å². The molecule has 0 N–H and O–H groups in total. The molecule has 21 heavy (non-hydrogen) atoms. The SMILES string of the molecule is Cn1c(=O)n(C)c2cc(C(Cl)COCC(F)(F)F)ccc21. The van der Waals surface area contributed by atoms with Crippen LogP contribution < -0.4 is 5.69 Å². The van der Waals surface area contributed by atoms with Gasteiger partial charge in [-0.15, -0.1) is 11.6 Å². The van der Waals surface area contributed by atoms with E-state index in [-0.39, 0.29) is 12.3 Å². The van der Waals surface area contributed by atoms with Gasteiger partial charge < -0.3 is 4.74 Å². The summed E-state index contributed by atoms with van der Waals surface area (Å²) in [4.78, 5) is 11.8. The van der Waals surface area contributed by atoms with Gasteiger partial charge in [0.2, 0.25) is 0 Å². The van der Waals surface area contributed by atoms with Crippen LogP contribution in [-0.4, -0.2) is 28.5 Å². The fourth-order valence-electron chi connectivity index (χ4n) is 2.09. The fourth-order valence-corrected chi connectivity index (χ4v) is 2.32. The summed E-state index contributed by atoms with van der Waals surface area (Å²) in [7, 11) is 3.27. The molecule has 8 heteroatoms. The Kier molecular flexibility index (Phi) is 4.34. The summed E-state index contributed by atoms with van der Waals surface area (Å²) in [5, 5.41) is -0.716. The number of aryl methyl sites for hydroxylation is 2. The molecular weight excluding hydrogens is 309 g/mol. The number of imidazole rings is 1. The van der Waals surface area contributed by atoms with E-state index in [2.05, 4.69) is 4.74 Å². The quantitative estimate of drug-likeness (QED) is 0.812. The van der Waals surface area contributed by atoms with Crippen molar-refractivity contribution in [2.45, 2.75) is 11.6 Å². The summed E-state index contributed by atoms with van der Waals surface area (Å²) in [6, 6.07) is 5.08. The number of alkyl halides is 4. The Morgan fingerprint density at radius 2 is 1.86 bits per heavy atom. The van der Waals surface area contributed by atoms with E-state index < -0.39 is 18.2 Å². The molecular formula is C13H14ClF3N2O2. The molecule has 1 unspecified atom stereocenters. The zero-order valence-corrected chi connectivity index (χ0v) is 12.2. The second-order valence-electron chi connectivity index (χ2n) is 4.75. The first-order valence-electron chi connectivity index (χ1n) is 6.14. The van der Waals surface area contributed by atoms with E-state index in [9.17, 15) is 18.0 Å². The summed E-state index contributed by atoms with van der Waals surface area (Å²) in [5.74, 6) is 0. The number of aromatic nitrogens is 2. The van der Waals surface area contributed by atoms with Crippen LogP contribution in [0.25, 0.3) is 11.0 Å². The predicted octanol–water partition coefficient (Wildman–Crippen LogP) is 2.74. The topological polar surface area (TPSA) is 36.2 Å². The Balaban J connectivity index is 2.19. The number of halogens is 4. The third-order valence-electron chi connectivity index (χ3n) is 3.19. The van der Waals surface area contributed by atoms with Crippen LogP contribution >= 0.6 is 11.6 Å². The van der Waals surface area contributed by atoms with Gasteiger partial charge in [0, 0.05) is 14.1 Å². The minimum absolute atomic E-state index is 0.179. The number of ether oxygens (including phenoxy) is 1. The maximum absolute atomic E-state index is 12.0. The third-order valence-corrected chi connectivity index (χ3v) is 3.57. The average Bonchev–Trinajstić information content (AvgIpc) is 2.62. The van der Waals surface area contributed by atoms with Gasteiger partial charge in [-0.1, -0.05) is 6.07 Å². The van der Waals surface area contributed by atoms with Crippen molar-refractivity contribution in [1.82, 2.24) is 9.13 Å². The van der Waals surface area contributed by atoms with Gasteiger partial charge in [0.05, 0.1) is 23.0 Å². The molecule has 2 rings (SSSR count). The molecule has 0 amide bonds. The Morgan fingerprint density at radius 3 is 2.48 bits per heavy atom. The molecule has 0 aliphatic rings. The smallest absolute Gasteiger partial charge is 0.370 e. The van der Waals surface area contributed by atoms with Crippen LogP contribution in [0, 0.1) is 0 Å². The second kappa shape index (κ2) is 5.73. The zero-order valence-electron chi connectivity index (χ0n) is 11.4. The monoisotopic (exact) mass is 322 g/mol. The predicted molar refractivity (Wildman–Crippen MR) is 73.6 cm³/mol. The average molecular weight is 323 g/mol. The number of nitrogens with zero attached hydrogens (tertiary/aromatic N) is 2. The molecule has 0 saturated heterocycles. The van der Waals surface area contributed by atoms with Crippen LogP contribution in [0.3, 0.4) is 0 Å². The Morgan fingerprint density at radius 1 is 1.24 bits per heavy atom. The molecule has 0 saturated carbocycles. The minimum Gasteiger partial charge on any atom is -0.370 e. The van der Waals surface area contributed by atoms with Gasteiger partial charge >= 0.3 is 11.9 Å². The van der Waals surface area contributed by atoms with Crippen molar-refractivity contribution < 1.29 is 17.9 Å². The van der Waals surface area contributed by atoms with E-state index in [1.165, 1.54) is 9.13 Å². The maximum Gasteiger partial charge on any atom is 0.411 e. The lowest BCUT2D eigenvalue weighted by Gasteiger charge is -2.12. The van der Waals surface area contributed by atoms with E-state index in [0.29, 0.717) is 11.1 Å². The van der Waals surface area contributed by atoms with Crippen molar-refractivity contribution in [1.29, 1.82) is 0 Å². The molecule has 116 valence electrons. The van der Waals surface area contributed by atoms with Crippen LogP contribution in [0.15, 0.2) is 23.0 Å². The van der Waals surface area contributed by atoms with Crippen LogP contribution in [0.1, 0.15) is 10.9 Å². The zero-order chi connectivity index (χ0) is 15.8. The second-order valence-corrected chi connectivity index (χ2v) is 5.27. The van der Waals surface area contributed by atoms with Gasteiger partial charge in [-0.05, 0) is 17.7 Å². The lowest BCUT2D eigenvalue weighted by Crippen LogP contribution is -2.19. The lowest BCUT2D eigenvalue weighted by molar-refractivity contribution is -0.173. The van der Waals surface area contributed by atoms with Gasteiger partial charge in [0.25, 0.3) is 0 Å². The first-order valence-corrected chi connectivity index (χ1v) is 6.58. The number of fused-ring (bicyclic) bond motifs is 1. The molecule has 4 nitrogen and oxygen atoms in total. The molecule has 0 fully saturated rings. The van der Waals surface area contributed by atoms with Crippen molar-refractivity contribution in [2.75, 3.05) is 13.2 Å². The van der Waals surface area contributed by atoms with Crippen LogP contribution in [0.5, 0.6) is 0 Å². The molecule has 0 aliphatic heterocycles. The van der Waals surface area contributed by atoms with Gasteiger partial charge in [-0.25, -0.2) is 4.79 Å². The van der Waals surface area contributed by atoms with E-state index in [4.69, 9.17) is 11.6 Å². The standard InChI is InChI=1S/C13H14ClF3N2O2/c1-18-10-4-3-8(5-11(10)19(2)12(18)20)9(14)6-21-7-13(15,16)17/h3-5,9H,6-7H2,1-2H3. The number of hydrogen-bond acceptors (Lipinski definition) is 2.